The molecular formula is C21H21F4N3O4S. The lowest BCUT2D eigenvalue weighted by atomic mass is 10.0. The van der Waals surface area contributed by atoms with E-state index >= 15 is 0 Å². The molecule has 2 aromatic rings. The number of halogens is 4. The van der Waals surface area contributed by atoms with Crippen molar-refractivity contribution in [1.82, 2.24) is 9.88 Å². The third-order valence-electron chi connectivity index (χ3n) is 5.15. The van der Waals surface area contributed by atoms with Gasteiger partial charge >= 0.3 is 6.18 Å². The Morgan fingerprint density at radius 3 is 2.33 bits per heavy atom. The molecule has 0 N–H and O–H groups in total. The summed E-state index contributed by atoms with van der Waals surface area (Å²) in [4.78, 5) is 32.0. The summed E-state index contributed by atoms with van der Waals surface area (Å²) in [6.45, 7) is 0.848. The standard InChI is InChI=1S/C21H21F4N3O4S/c1-13-9-16(22)19(26-10-13)28-12-18(29)27(17(20(28)30)7-8-33(2,31)32)11-14-3-5-15(6-4-14)21(23,24)25/h3-6,9-10,17H,7-8,11-12H2,1-2H3/t17-/m1/s1. The maximum atomic E-state index is 14.4. The van der Waals surface area contributed by atoms with Crippen molar-refractivity contribution in [3.8, 4) is 0 Å². The van der Waals surface area contributed by atoms with Gasteiger partial charge in [-0.15, -0.1) is 0 Å². The molecule has 1 atom stereocenters. The fourth-order valence-electron chi connectivity index (χ4n) is 3.49. The summed E-state index contributed by atoms with van der Waals surface area (Å²) in [6.07, 6.45) is -2.48. The number of anilines is 1. The van der Waals surface area contributed by atoms with Crippen molar-refractivity contribution in [2.75, 3.05) is 23.5 Å². The van der Waals surface area contributed by atoms with Gasteiger partial charge in [0.05, 0.1) is 11.3 Å². The molecule has 33 heavy (non-hydrogen) atoms. The number of hydrogen-bond acceptors (Lipinski definition) is 5. The lowest BCUT2D eigenvalue weighted by Crippen LogP contribution is -2.60. The summed E-state index contributed by atoms with van der Waals surface area (Å²) in [7, 11) is -3.50. The largest absolute Gasteiger partial charge is 0.416 e. The molecule has 0 unspecified atom stereocenters. The van der Waals surface area contributed by atoms with Gasteiger partial charge in [0.25, 0.3) is 5.91 Å². The minimum atomic E-state index is -4.53. The number of hydrogen-bond donors (Lipinski definition) is 0. The van der Waals surface area contributed by atoms with E-state index in [-0.39, 0.29) is 18.8 Å². The molecule has 0 radical (unpaired) electrons. The van der Waals surface area contributed by atoms with Gasteiger partial charge in [-0.2, -0.15) is 13.2 Å². The van der Waals surface area contributed by atoms with Crippen LogP contribution in [-0.2, 0) is 32.1 Å². The van der Waals surface area contributed by atoms with Crippen LogP contribution in [0.3, 0.4) is 0 Å². The second-order valence-corrected chi connectivity index (χ2v) is 10.2. The van der Waals surface area contributed by atoms with Crippen LogP contribution < -0.4 is 4.90 Å². The van der Waals surface area contributed by atoms with Crippen LogP contribution in [0.2, 0.25) is 0 Å². The Bertz CT molecular complexity index is 1170. The average Bonchev–Trinajstić information content (AvgIpc) is 2.69. The van der Waals surface area contributed by atoms with Crippen molar-refractivity contribution in [1.29, 1.82) is 0 Å². The first kappa shape index (κ1) is 24.6. The van der Waals surface area contributed by atoms with Crippen LogP contribution in [0, 0.1) is 12.7 Å². The van der Waals surface area contributed by atoms with E-state index in [9.17, 15) is 35.6 Å². The Morgan fingerprint density at radius 1 is 1.15 bits per heavy atom. The molecule has 0 aliphatic carbocycles. The van der Waals surface area contributed by atoms with Crippen molar-refractivity contribution in [3.05, 3.63) is 59.0 Å². The molecule has 1 aromatic heterocycles. The lowest BCUT2D eigenvalue weighted by molar-refractivity contribution is -0.144. The number of nitrogens with zero attached hydrogens (tertiary/aromatic N) is 3. The molecular weight excluding hydrogens is 466 g/mol. The summed E-state index contributed by atoms with van der Waals surface area (Å²) in [5, 5.41) is 0. The molecule has 2 heterocycles. The molecule has 1 fully saturated rings. The highest BCUT2D eigenvalue weighted by Gasteiger charge is 2.41. The number of benzene rings is 1. The van der Waals surface area contributed by atoms with E-state index < -0.39 is 57.5 Å². The summed E-state index contributed by atoms with van der Waals surface area (Å²) in [5.41, 5.74) is -0.0424. The molecule has 2 amide bonds. The first-order valence-corrected chi connectivity index (χ1v) is 11.9. The van der Waals surface area contributed by atoms with Gasteiger partial charge in [0, 0.05) is 19.0 Å². The third-order valence-corrected chi connectivity index (χ3v) is 6.13. The van der Waals surface area contributed by atoms with Crippen LogP contribution in [0.4, 0.5) is 23.4 Å². The maximum absolute atomic E-state index is 14.4. The van der Waals surface area contributed by atoms with E-state index in [0.29, 0.717) is 11.1 Å². The first-order chi connectivity index (χ1) is 15.3. The van der Waals surface area contributed by atoms with Crippen LogP contribution in [0.5, 0.6) is 0 Å². The highest BCUT2D eigenvalue weighted by Crippen LogP contribution is 2.30. The zero-order valence-electron chi connectivity index (χ0n) is 17.8. The molecule has 1 aliphatic rings. The number of aromatic nitrogens is 1. The topological polar surface area (TPSA) is 87.7 Å². The fourth-order valence-corrected chi connectivity index (χ4v) is 4.15. The maximum Gasteiger partial charge on any atom is 0.416 e. The van der Waals surface area contributed by atoms with Crippen LogP contribution >= 0.6 is 0 Å². The van der Waals surface area contributed by atoms with Crippen molar-refractivity contribution < 1.29 is 35.6 Å². The molecule has 0 bridgehead atoms. The Labute approximate surface area is 187 Å². The number of pyridine rings is 1. The van der Waals surface area contributed by atoms with Gasteiger partial charge in [0.1, 0.15) is 22.4 Å². The minimum absolute atomic E-state index is 0.214. The van der Waals surface area contributed by atoms with Crippen LogP contribution in [0.1, 0.15) is 23.1 Å². The average molecular weight is 487 g/mol. The van der Waals surface area contributed by atoms with Gasteiger partial charge in [0.2, 0.25) is 5.91 Å². The smallest absolute Gasteiger partial charge is 0.325 e. The van der Waals surface area contributed by atoms with Crippen LogP contribution in [0.15, 0.2) is 36.5 Å². The van der Waals surface area contributed by atoms with Gasteiger partial charge in [-0.05, 0) is 42.7 Å². The zero-order valence-corrected chi connectivity index (χ0v) is 18.6. The van der Waals surface area contributed by atoms with Gasteiger partial charge in [-0.1, -0.05) is 12.1 Å². The predicted molar refractivity (Wildman–Crippen MR) is 111 cm³/mol. The number of rotatable bonds is 6. The quantitative estimate of drug-likeness (QED) is 0.585. The Morgan fingerprint density at radius 2 is 1.79 bits per heavy atom. The number of alkyl halides is 3. The molecule has 12 heteroatoms. The third kappa shape index (κ3) is 5.86. The first-order valence-electron chi connectivity index (χ1n) is 9.83. The van der Waals surface area contributed by atoms with E-state index in [0.717, 1.165) is 34.3 Å². The van der Waals surface area contributed by atoms with E-state index in [1.807, 2.05) is 0 Å². The molecule has 3 rings (SSSR count). The second-order valence-electron chi connectivity index (χ2n) is 7.89. The van der Waals surface area contributed by atoms with Crippen molar-refractivity contribution in [2.45, 2.75) is 32.1 Å². The van der Waals surface area contributed by atoms with Crippen molar-refractivity contribution >= 4 is 27.5 Å². The summed E-state index contributed by atoms with van der Waals surface area (Å²) in [5.74, 6) is -2.92. The molecule has 1 saturated heterocycles. The number of aryl methyl sites for hydroxylation is 1. The lowest BCUT2D eigenvalue weighted by Gasteiger charge is -2.40. The molecule has 7 nitrogen and oxygen atoms in total. The monoisotopic (exact) mass is 487 g/mol. The summed E-state index contributed by atoms with van der Waals surface area (Å²) in [6, 6.07) is 3.97. The van der Waals surface area contributed by atoms with E-state index in [2.05, 4.69) is 4.98 Å². The number of carbonyl (C=O) groups is 2. The van der Waals surface area contributed by atoms with Gasteiger partial charge in [0.15, 0.2) is 11.6 Å². The van der Waals surface area contributed by atoms with E-state index in [4.69, 9.17) is 0 Å². The van der Waals surface area contributed by atoms with E-state index in [1.165, 1.54) is 18.3 Å². The highest BCUT2D eigenvalue weighted by atomic mass is 32.2. The van der Waals surface area contributed by atoms with Crippen LogP contribution in [-0.4, -0.2) is 54.7 Å². The minimum Gasteiger partial charge on any atom is -0.325 e. The fraction of sp³-hybridized carbons (Fsp3) is 0.381. The van der Waals surface area contributed by atoms with Crippen LogP contribution in [0.25, 0.3) is 0 Å². The second kappa shape index (κ2) is 9.08. The Kier molecular flexibility index (Phi) is 6.78. The van der Waals surface area contributed by atoms with Crippen molar-refractivity contribution in [3.63, 3.8) is 0 Å². The Balaban J connectivity index is 1.92. The SMILES string of the molecule is Cc1cnc(N2CC(=O)N(Cc3ccc(C(F)(F)F)cc3)[C@H](CCS(C)(=O)=O)C2=O)c(F)c1. The number of amides is 2. The predicted octanol–water partition coefficient (Wildman–Crippen LogP) is 2.73. The number of piperazine rings is 1. The highest BCUT2D eigenvalue weighted by molar-refractivity contribution is 7.90. The molecule has 1 aromatic carbocycles. The van der Waals surface area contributed by atoms with Crippen molar-refractivity contribution in [2.24, 2.45) is 0 Å². The van der Waals surface area contributed by atoms with E-state index in [1.54, 1.807) is 6.92 Å². The molecule has 1 aliphatic heterocycles. The van der Waals surface area contributed by atoms with Gasteiger partial charge in [-0.25, -0.2) is 17.8 Å². The summed E-state index contributed by atoms with van der Waals surface area (Å²) >= 11 is 0. The zero-order chi connectivity index (χ0) is 24.6. The molecule has 178 valence electrons. The van der Waals surface area contributed by atoms with Gasteiger partial charge < -0.3 is 4.90 Å². The molecule has 0 spiro atoms. The number of sulfone groups is 1. The normalized spacial score (nSPS) is 17.6. The van der Waals surface area contributed by atoms with Gasteiger partial charge in [-0.3, -0.25) is 14.5 Å². The summed E-state index contributed by atoms with van der Waals surface area (Å²) < 4.78 is 76.3. The number of carbonyl (C=O) groups excluding carboxylic acids is 2. The Hall–Kier alpha value is -3.02. The molecule has 0 saturated carbocycles.